The van der Waals surface area contributed by atoms with Gasteiger partial charge in [0.1, 0.15) is 23.8 Å². The van der Waals surface area contributed by atoms with E-state index in [1.165, 1.54) is 4.57 Å². The lowest BCUT2D eigenvalue weighted by Crippen LogP contribution is -2.52. The molecule has 0 bridgehead atoms. The molecule has 1 aromatic heterocycles. The normalized spacial score (nSPS) is 15.4. The summed E-state index contributed by atoms with van der Waals surface area (Å²) in [6, 6.07) is 5.25. The van der Waals surface area contributed by atoms with Crippen LogP contribution in [0.25, 0.3) is 22.9 Å². The molecular weight excluding hydrogens is 425 g/mol. The number of carbonyl (C=O) groups is 1. The van der Waals surface area contributed by atoms with E-state index in [1.54, 1.807) is 31.4 Å². The number of amides is 1. The van der Waals surface area contributed by atoms with E-state index in [9.17, 15) is 14.0 Å². The topological polar surface area (TPSA) is 81.6 Å². The van der Waals surface area contributed by atoms with Crippen LogP contribution in [0.2, 0.25) is 0 Å². The van der Waals surface area contributed by atoms with Crippen LogP contribution < -0.4 is 31.4 Å². The second kappa shape index (κ2) is 9.08. The minimum atomic E-state index is -0.673. The van der Waals surface area contributed by atoms with E-state index in [2.05, 4.69) is 24.5 Å². The number of carbonyl (C=O) groups excluding carboxylic acids is 1. The maximum absolute atomic E-state index is 14.6. The summed E-state index contributed by atoms with van der Waals surface area (Å²) in [6.07, 6.45) is 1.73. The standard InChI is InChI=1S/C25H34FN3O4/c1-15(2)11-25(6,28-23(31)33-24(3,4)5)14-32-16-8-9-17-20(10-16)29(7)22(30)18-12-27-13-19(26)21(17)18/h8-10,12,15,27H,11,13-14H2,1-7H3,(H,28,31). The van der Waals surface area contributed by atoms with E-state index in [-0.39, 0.29) is 24.5 Å². The maximum atomic E-state index is 14.6. The minimum Gasteiger partial charge on any atom is -0.491 e. The van der Waals surface area contributed by atoms with Gasteiger partial charge in [-0.2, -0.15) is 0 Å². The molecule has 0 saturated heterocycles. The molecule has 0 fully saturated rings. The Labute approximate surface area is 193 Å². The molecule has 0 aliphatic carbocycles. The summed E-state index contributed by atoms with van der Waals surface area (Å²) in [5.41, 5.74) is -0.987. The molecule has 1 aromatic carbocycles. The van der Waals surface area contributed by atoms with Crippen LogP contribution in [0.15, 0.2) is 23.0 Å². The van der Waals surface area contributed by atoms with Crippen LogP contribution in [0.5, 0.6) is 5.75 Å². The Bertz CT molecular complexity index is 1240. The predicted octanol–water partition coefficient (Wildman–Crippen LogP) is 2.67. The van der Waals surface area contributed by atoms with Gasteiger partial charge in [-0.3, -0.25) is 4.79 Å². The van der Waals surface area contributed by atoms with Gasteiger partial charge < -0.3 is 24.7 Å². The Morgan fingerprint density at radius 1 is 1.27 bits per heavy atom. The number of aromatic nitrogens is 1. The number of rotatable bonds is 6. The SMILES string of the molecule is CC(C)CC(C)(COc1ccc2c3c(c(=O)n(C)c2c1)=CNCC=3F)NC(=O)OC(C)(C)C. The van der Waals surface area contributed by atoms with Crippen LogP contribution in [-0.2, 0) is 11.8 Å². The van der Waals surface area contributed by atoms with Gasteiger partial charge in [0.05, 0.1) is 22.8 Å². The van der Waals surface area contributed by atoms with Crippen molar-refractivity contribution in [3.05, 3.63) is 39.0 Å². The number of halogens is 1. The van der Waals surface area contributed by atoms with Crippen molar-refractivity contribution in [2.75, 3.05) is 13.2 Å². The van der Waals surface area contributed by atoms with E-state index in [4.69, 9.17) is 9.47 Å². The summed E-state index contributed by atoms with van der Waals surface area (Å²) in [6.45, 7) is 11.8. The lowest BCUT2D eigenvalue weighted by molar-refractivity contribution is 0.0408. The van der Waals surface area contributed by atoms with Crippen molar-refractivity contribution in [2.24, 2.45) is 13.0 Å². The van der Waals surface area contributed by atoms with Crippen LogP contribution in [0.3, 0.4) is 0 Å². The van der Waals surface area contributed by atoms with Gasteiger partial charge in [-0.05, 0) is 52.2 Å². The van der Waals surface area contributed by atoms with Crippen molar-refractivity contribution in [1.82, 2.24) is 15.2 Å². The van der Waals surface area contributed by atoms with Gasteiger partial charge in [0, 0.05) is 29.9 Å². The summed E-state index contributed by atoms with van der Waals surface area (Å²) in [7, 11) is 1.65. The third kappa shape index (κ3) is 5.67. The highest BCUT2D eigenvalue weighted by molar-refractivity contribution is 5.83. The van der Waals surface area contributed by atoms with Gasteiger partial charge in [0.25, 0.3) is 5.56 Å². The number of fused-ring (bicyclic) bond motifs is 3. The number of pyridine rings is 1. The maximum Gasteiger partial charge on any atom is 0.408 e. The van der Waals surface area contributed by atoms with Gasteiger partial charge in [0.15, 0.2) is 0 Å². The molecule has 180 valence electrons. The molecule has 0 saturated carbocycles. The number of aryl methyl sites for hydroxylation is 1. The summed E-state index contributed by atoms with van der Waals surface area (Å²) >= 11 is 0. The molecule has 2 heterocycles. The lowest BCUT2D eigenvalue weighted by Gasteiger charge is -2.33. The first-order valence-corrected chi connectivity index (χ1v) is 11.2. The highest BCUT2D eigenvalue weighted by atomic mass is 19.1. The molecule has 2 aromatic rings. The Morgan fingerprint density at radius 3 is 2.61 bits per heavy atom. The summed E-state index contributed by atoms with van der Waals surface area (Å²) in [5.74, 6) is 0.465. The third-order valence-electron chi connectivity index (χ3n) is 5.40. The van der Waals surface area contributed by atoms with Crippen LogP contribution >= 0.6 is 0 Å². The summed E-state index contributed by atoms with van der Waals surface area (Å²) in [5, 5.41) is 7.03. The van der Waals surface area contributed by atoms with Crippen LogP contribution in [0, 0.1) is 5.92 Å². The highest BCUT2D eigenvalue weighted by Crippen LogP contribution is 2.23. The Balaban J connectivity index is 1.92. The van der Waals surface area contributed by atoms with Crippen LogP contribution in [0.4, 0.5) is 9.18 Å². The van der Waals surface area contributed by atoms with E-state index in [0.29, 0.717) is 39.4 Å². The number of benzene rings is 1. The van der Waals surface area contributed by atoms with Crippen molar-refractivity contribution >= 4 is 29.0 Å². The molecule has 0 radical (unpaired) electrons. The molecule has 1 aliphatic rings. The Morgan fingerprint density at radius 2 is 1.97 bits per heavy atom. The monoisotopic (exact) mass is 459 g/mol. The first kappa shape index (κ1) is 24.6. The van der Waals surface area contributed by atoms with Crippen molar-refractivity contribution in [3.63, 3.8) is 0 Å². The summed E-state index contributed by atoms with van der Waals surface area (Å²) in [4.78, 5) is 25.2. The van der Waals surface area contributed by atoms with Crippen molar-refractivity contribution in [3.8, 4) is 5.75 Å². The smallest absolute Gasteiger partial charge is 0.408 e. The number of alkyl carbamates (subject to hydrolysis) is 1. The molecular formula is C25H34FN3O4. The minimum absolute atomic E-state index is 0.0530. The number of ether oxygens (including phenoxy) is 2. The van der Waals surface area contributed by atoms with Crippen LogP contribution in [-0.4, -0.2) is 35.0 Å². The average molecular weight is 460 g/mol. The zero-order valence-electron chi connectivity index (χ0n) is 20.5. The molecule has 0 spiro atoms. The van der Waals surface area contributed by atoms with Crippen molar-refractivity contribution < 1.29 is 18.7 Å². The van der Waals surface area contributed by atoms with Crippen LogP contribution in [0.1, 0.15) is 48.0 Å². The molecule has 33 heavy (non-hydrogen) atoms. The third-order valence-corrected chi connectivity index (χ3v) is 5.40. The quantitative estimate of drug-likeness (QED) is 0.694. The number of hydrogen-bond acceptors (Lipinski definition) is 5. The Hall–Kier alpha value is -3.03. The largest absolute Gasteiger partial charge is 0.491 e. The van der Waals surface area contributed by atoms with E-state index in [1.807, 2.05) is 27.7 Å². The molecule has 1 amide bonds. The molecule has 8 heteroatoms. The number of nitrogens with one attached hydrogen (secondary N) is 2. The predicted molar refractivity (Wildman–Crippen MR) is 128 cm³/mol. The van der Waals surface area contributed by atoms with E-state index < -0.39 is 17.2 Å². The average Bonchev–Trinajstić information content (AvgIpc) is 2.68. The Kier molecular flexibility index (Phi) is 6.77. The summed E-state index contributed by atoms with van der Waals surface area (Å²) < 4.78 is 27.6. The molecule has 3 rings (SSSR count). The molecule has 1 atom stereocenters. The fourth-order valence-electron chi connectivity index (χ4n) is 4.23. The van der Waals surface area contributed by atoms with Gasteiger partial charge in [-0.1, -0.05) is 13.8 Å². The molecule has 1 unspecified atom stereocenters. The first-order valence-electron chi connectivity index (χ1n) is 11.2. The van der Waals surface area contributed by atoms with Gasteiger partial charge in [0.2, 0.25) is 0 Å². The highest BCUT2D eigenvalue weighted by Gasteiger charge is 2.31. The number of hydrogen-bond donors (Lipinski definition) is 2. The zero-order chi connectivity index (χ0) is 24.6. The fourth-order valence-corrected chi connectivity index (χ4v) is 4.23. The number of nitrogens with zero attached hydrogens (tertiary/aromatic N) is 1. The molecule has 1 aliphatic heterocycles. The molecule has 2 N–H and O–H groups in total. The second-order valence-electron chi connectivity index (χ2n) is 10.3. The second-order valence-corrected chi connectivity index (χ2v) is 10.3. The van der Waals surface area contributed by atoms with Crippen molar-refractivity contribution in [2.45, 2.75) is 59.1 Å². The van der Waals surface area contributed by atoms with E-state index in [0.717, 1.165) is 0 Å². The van der Waals surface area contributed by atoms with Gasteiger partial charge >= 0.3 is 6.09 Å². The molecule has 7 nitrogen and oxygen atoms in total. The first-order chi connectivity index (χ1) is 15.3. The van der Waals surface area contributed by atoms with Crippen molar-refractivity contribution in [1.29, 1.82) is 0 Å². The fraction of sp³-hybridized carbons (Fsp3) is 0.520. The lowest BCUT2D eigenvalue weighted by atomic mass is 9.91. The zero-order valence-corrected chi connectivity index (χ0v) is 20.5. The van der Waals surface area contributed by atoms with Gasteiger partial charge in [-0.15, -0.1) is 0 Å². The van der Waals surface area contributed by atoms with Gasteiger partial charge in [-0.25, -0.2) is 9.18 Å². The van der Waals surface area contributed by atoms with E-state index >= 15 is 0 Å².